The molecule has 2 unspecified atom stereocenters. The molecule has 0 saturated carbocycles. The van der Waals surface area contributed by atoms with Crippen LogP contribution in [0.15, 0.2) is 35.1 Å². The van der Waals surface area contributed by atoms with Gasteiger partial charge >= 0.3 is 6.18 Å². The van der Waals surface area contributed by atoms with Crippen molar-refractivity contribution in [3.63, 3.8) is 0 Å². The lowest BCUT2D eigenvalue weighted by atomic mass is 10.2. The second kappa shape index (κ2) is 7.42. The van der Waals surface area contributed by atoms with Crippen LogP contribution in [0.2, 0.25) is 0 Å². The number of halogens is 3. The molecule has 2 aliphatic heterocycles. The molecule has 1 aromatic heterocycles. The number of carbonyl (C=O) groups is 1. The quantitative estimate of drug-likeness (QED) is 0.752. The number of carbonyl (C=O) groups excluding carboxylic acids is 1. The van der Waals surface area contributed by atoms with Gasteiger partial charge in [-0.2, -0.15) is 13.2 Å². The van der Waals surface area contributed by atoms with Gasteiger partial charge in [0, 0.05) is 18.8 Å². The van der Waals surface area contributed by atoms with Gasteiger partial charge in [0.25, 0.3) is 5.91 Å². The molecular weight excluding hydrogens is 351 g/mol. The van der Waals surface area contributed by atoms with Crippen LogP contribution in [-0.2, 0) is 9.53 Å². The van der Waals surface area contributed by atoms with Gasteiger partial charge in [0.2, 0.25) is 5.84 Å². The van der Waals surface area contributed by atoms with Crippen molar-refractivity contribution in [3.8, 4) is 0 Å². The minimum Gasteiger partial charge on any atom is -0.369 e. The van der Waals surface area contributed by atoms with Crippen molar-refractivity contribution in [3.05, 3.63) is 35.8 Å². The molecule has 3 N–H and O–H groups in total. The Balaban J connectivity index is 1.67. The number of morpholine rings is 1. The molecule has 1 saturated heterocycles. The Bertz CT molecular complexity index is 724. The van der Waals surface area contributed by atoms with E-state index in [4.69, 9.17) is 4.74 Å². The lowest BCUT2D eigenvalue weighted by molar-refractivity contribution is -0.116. The van der Waals surface area contributed by atoms with Gasteiger partial charge in [0.05, 0.1) is 24.2 Å². The largest absolute Gasteiger partial charge is 0.449 e. The molecule has 7 nitrogen and oxygen atoms in total. The first-order valence-electron chi connectivity index (χ1n) is 8.02. The van der Waals surface area contributed by atoms with Crippen LogP contribution >= 0.6 is 0 Å². The van der Waals surface area contributed by atoms with E-state index in [0.717, 1.165) is 6.54 Å². The average Bonchev–Trinajstić information content (AvgIpc) is 2.62. The summed E-state index contributed by atoms with van der Waals surface area (Å²) in [6.45, 7) is 3.46. The summed E-state index contributed by atoms with van der Waals surface area (Å²) in [6.07, 6.45) is -2.04. The number of hydrogen-bond donors (Lipinski definition) is 3. The van der Waals surface area contributed by atoms with Crippen LogP contribution in [-0.4, -0.2) is 48.6 Å². The normalized spacial score (nSPS) is 23.5. The zero-order valence-corrected chi connectivity index (χ0v) is 13.9. The number of ether oxygens (including phenoxy) is 1. The van der Waals surface area contributed by atoms with Crippen LogP contribution in [0.5, 0.6) is 0 Å². The molecule has 1 amide bonds. The van der Waals surface area contributed by atoms with Gasteiger partial charge < -0.3 is 20.7 Å². The van der Waals surface area contributed by atoms with Gasteiger partial charge in [-0.05, 0) is 25.1 Å². The molecule has 0 aliphatic carbocycles. The third-order valence-electron chi connectivity index (χ3n) is 3.84. The number of rotatable bonds is 3. The smallest absolute Gasteiger partial charge is 0.369 e. The summed E-state index contributed by atoms with van der Waals surface area (Å²) in [5.74, 6) is -1.86. The first kappa shape index (κ1) is 18.3. The number of anilines is 1. The zero-order valence-electron chi connectivity index (χ0n) is 13.9. The van der Waals surface area contributed by atoms with E-state index in [1.165, 1.54) is 19.2 Å². The van der Waals surface area contributed by atoms with Crippen molar-refractivity contribution in [1.82, 2.24) is 15.6 Å². The van der Waals surface area contributed by atoms with E-state index in [-0.39, 0.29) is 11.8 Å². The number of hydrogen-bond acceptors (Lipinski definition) is 6. The molecule has 0 spiro atoms. The number of nitrogens with zero attached hydrogens (tertiary/aromatic N) is 2. The van der Waals surface area contributed by atoms with Gasteiger partial charge in [-0.3, -0.25) is 9.78 Å². The summed E-state index contributed by atoms with van der Waals surface area (Å²) in [7, 11) is 0. The molecule has 1 aromatic rings. The first-order chi connectivity index (χ1) is 12.3. The van der Waals surface area contributed by atoms with Crippen molar-refractivity contribution in [2.24, 2.45) is 4.99 Å². The molecule has 10 heteroatoms. The SMILES string of the molecule is CC1=CC(C(=O)Nc2ccc(C3CNCCO3)nc2)N=C(C(F)(F)F)N1. The number of allylic oxidation sites excluding steroid dienone is 1. The van der Waals surface area contributed by atoms with E-state index >= 15 is 0 Å². The van der Waals surface area contributed by atoms with Crippen LogP contribution in [0.1, 0.15) is 18.7 Å². The Morgan fingerprint density at radius 2 is 2.19 bits per heavy atom. The summed E-state index contributed by atoms with van der Waals surface area (Å²) in [6, 6.07) is 2.07. The molecule has 3 heterocycles. The number of nitrogens with one attached hydrogen (secondary N) is 3. The topological polar surface area (TPSA) is 87.6 Å². The van der Waals surface area contributed by atoms with E-state index in [1.54, 1.807) is 12.1 Å². The van der Waals surface area contributed by atoms with E-state index in [2.05, 4.69) is 25.9 Å². The van der Waals surface area contributed by atoms with Gasteiger partial charge in [-0.15, -0.1) is 0 Å². The summed E-state index contributed by atoms with van der Waals surface area (Å²) in [4.78, 5) is 19.9. The van der Waals surface area contributed by atoms with Crippen molar-refractivity contribution in [1.29, 1.82) is 0 Å². The molecule has 0 radical (unpaired) electrons. The first-order valence-corrected chi connectivity index (χ1v) is 8.02. The van der Waals surface area contributed by atoms with Crippen LogP contribution < -0.4 is 16.0 Å². The summed E-state index contributed by atoms with van der Waals surface area (Å²) in [5, 5.41) is 7.84. The standard InChI is InChI=1S/C16H18F3N5O2/c1-9-6-12(24-15(22-9)16(17,18)19)14(25)23-10-2-3-11(21-7-10)13-8-20-4-5-26-13/h2-3,6-7,12-13,20H,4-5,8H2,1H3,(H,22,24)(H,23,25). The zero-order chi connectivity index (χ0) is 18.7. The van der Waals surface area contributed by atoms with Crippen LogP contribution in [0, 0.1) is 0 Å². The lowest BCUT2D eigenvalue weighted by Crippen LogP contribution is -2.42. The second-order valence-electron chi connectivity index (χ2n) is 5.92. The molecule has 26 heavy (non-hydrogen) atoms. The molecule has 140 valence electrons. The van der Waals surface area contributed by atoms with Crippen molar-refractivity contribution in [2.45, 2.75) is 25.2 Å². The van der Waals surface area contributed by atoms with Gasteiger partial charge in [0.1, 0.15) is 6.10 Å². The van der Waals surface area contributed by atoms with E-state index in [1.807, 2.05) is 0 Å². The van der Waals surface area contributed by atoms with E-state index < -0.39 is 24.0 Å². The van der Waals surface area contributed by atoms with Gasteiger partial charge in [-0.25, -0.2) is 4.99 Å². The Kier molecular flexibility index (Phi) is 5.23. The van der Waals surface area contributed by atoms with Crippen molar-refractivity contribution < 1.29 is 22.7 Å². The van der Waals surface area contributed by atoms with Crippen LogP contribution in [0.25, 0.3) is 0 Å². The molecule has 0 aromatic carbocycles. The lowest BCUT2D eigenvalue weighted by Gasteiger charge is -2.23. The highest BCUT2D eigenvalue weighted by atomic mass is 19.4. The number of amidine groups is 1. The molecule has 2 atom stereocenters. The fourth-order valence-corrected chi connectivity index (χ4v) is 2.59. The third-order valence-corrected chi connectivity index (χ3v) is 3.84. The molecule has 2 aliphatic rings. The Morgan fingerprint density at radius 1 is 1.38 bits per heavy atom. The minimum atomic E-state index is -4.65. The Hall–Kier alpha value is -2.46. The minimum absolute atomic E-state index is 0.164. The summed E-state index contributed by atoms with van der Waals surface area (Å²) in [5.41, 5.74) is 1.30. The number of alkyl halides is 3. The molecular formula is C16H18F3N5O2. The third kappa shape index (κ3) is 4.38. The number of aromatic nitrogens is 1. The monoisotopic (exact) mass is 369 g/mol. The number of pyridine rings is 1. The number of aliphatic imine (C=N–C) groups is 1. The molecule has 1 fully saturated rings. The fourth-order valence-electron chi connectivity index (χ4n) is 2.59. The Morgan fingerprint density at radius 3 is 2.81 bits per heavy atom. The van der Waals surface area contributed by atoms with Crippen LogP contribution in [0.4, 0.5) is 18.9 Å². The maximum Gasteiger partial charge on any atom is 0.449 e. The maximum absolute atomic E-state index is 12.8. The highest BCUT2D eigenvalue weighted by Crippen LogP contribution is 2.21. The highest BCUT2D eigenvalue weighted by Gasteiger charge is 2.39. The van der Waals surface area contributed by atoms with Crippen molar-refractivity contribution in [2.75, 3.05) is 25.0 Å². The van der Waals surface area contributed by atoms with Gasteiger partial charge in [0.15, 0.2) is 6.04 Å². The Labute approximate surface area is 147 Å². The highest BCUT2D eigenvalue weighted by molar-refractivity contribution is 6.00. The average molecular weight is 369 g/mol. The molecule has 0 bridgehead atoms. The van der Waals surface area contributed by atoms with Crippen LogP contribution in [0.3, 0.4) is 0 Å². The second-order valence-corrected chi connectivity index (χ2v) is 5.92. The van der Waals surface area contributed by atoms with Gasteiger partial charge in [-0.1, -0.05) is 0 Å². The van der Waals surface area contributed by atoms with E-state index in [9.17, 15) is 18.0 Å². The predicted octanol–water partition coefficient (Wildman–Crippen LogP) is 1.52. The summed E-state index contributed by atoms with van der Waals surface area (Å²) >= 11 is 0. The molecule has 3 rings (SSSR count). The number of amides is 1. The van der Waals surface area contributed by atoms with E-state index in [0.29, 0.717) is 24.5 Å². The maximum atomic E-state index is 12.8. The predicted molar refractivity (Wildman–Crippen MR) is 88.6 cm³/mol. The fraction of sp³-hybridized carbons (Fsp3) is 0.438. The summed E-state index contributed by atoms with van der Waals surface area (Å²) < 4.78 is 44.0. The van der Waals surface area contributed by atoms with Crippen molar-refractivity contribution >= 4 is 17.4 Å².